The lowest BCUT2D eigenvalue weighted by atomic mass is 10.1. The number of Topliss-reactive ketones (excluding diaryl/α,β-unsaturated/α-hetero) is 1. The lowest BCUT2D eigenvalue weighted by molar-refractivity contribution is 0.0788. The molecule has 0 saturated carbocycles. The molecule has 12 heavy (non-hydrogen) atoms. The smallest absolute Gasteiger partial charge is 0.189 e. The van der Waals surface area contributed by atoms with Crippen molar-refractivity contribution in [3.63, 3.8) is 0 Å². The van der Waals surface area contributed by atoms with E-state index in [0.29, 0.717) is 6.61 Å². The molecule has 0 spiro atoms. The molecule has 0 aromatic carbocycles. The van der Waals surface area contributed by atoms with E-state index in [9.17, 15) is 4.79 Å². The number of rotatable bonds is 0. The normalized spacial score (nSPS) is 17.2. The first-order valence-electron chi connectivity index (χ1n) is 3.66. The molecule has 0 radical (unpaired) electrons. The van der Waals surface area contributed by atoms with E-state index in [1.54, 1.807) is 11.3 Å². The summed E-state index contributed by atoms with van der Waals surface area (Å²) in [6, 6.07) is 1.89. The monoisotopic (exact) mass is 246 g/mol. The minimum atomic E-state index is 0.101. The summed E-state index contributed by atoms with van der Waals surface area (Å²) in [5.74, 6) is 0.101. The summed E-state index contributed by atoms with van der Waals surface area (Å²) in [7, 11) is 0. The van der Waals surface area contributed by atoms with Crippen LogP contribution in [0.5, 0.6) is 0 Å². The Balaban J connectivity index is 2.44. The van der Waals surface area contributed by atoms with Crippen LogP contribution in [0.15, 0.2) is 9.85 Å². The number of halogens is 1. The van der Waals surface area contributed by atoms with Gasteiger partial charge in [0.15, 0.2) is 5.78 Å². The molecule has 2 heterocycles. The fraction of sp³-hybridized carbons (Fsp3) is 0.375. The molecule has 64 valence electrons. The molecule has 2 rings (SSSR count). The zero-order chi connectivity index (χ0) is 8.55. The Bertz CT molecular complexity index is 319. The van der Waals surface area contributed by atoms with Gasteiger partial charge in [-0.3, -0.25) is 4.79 Å². The van der Waals surface area contributed by atoms with Crippen molar-refractivity contribution in [3.8, 4) is 0 Å². The molecule has 1 aliphatic rings. The van der Waals surface area contributed by atoms with Gasteiger partial charge in [-0.1, -0.05) is 0 Å². The summed E-state index contributed by atoms with van der Waals surface area (Å²) in [4.78, 5) is 12.5. The third kappa shape index (κ3) is 1.46. The molecule has 0 amide bonds. The van der Waals surface area contributed by atoms with Gasteiger partial charge in [0.05, 0.1) is 10.4 Å². The molecule has 0 unspecified atom stereocenters. The first-order valence-corrected chi connectivity index (χ1v) is 5.27. The zero-order valence-corrected chi connectivity index (χ0v) is 8.70. The second-order valence-electron chi connectivity index (χ2n) is 2.61. The van der Waals surface area contributed by atoms with Gasteiger partial charge in [0.1, 0.15) is 6.61 Å². The standard InChI is InChI=1S/C8H7BrO2S/c9-8-3-5-6(10)4-11-2-1-7(5)12-8/h3H,1-2,4H2. The van der Waals surface area contributed by atoms with Crippen LogP contribution in [0.4, 0.5) is 0 Å². The van der Waals surface area contributed by atoms with Gasteiger partial charge in [-0.25, -0.2) is 0 Å². The number of hydrogen-bond donors (Lipinski definition) is 0. The summed E-state index contributed by atoms with van der Waals surface area (Å²) in [6.45, 7) is 0.891. The van der Waals surface area contributed by atoms with E-state index < -0.39 is 0 Å². The molecule has 0 saturated heterocycles. The second-order valence-corrected chi connectivity index (χ2v) is 5.13. The van der Waals surface area contributed by atoms with Crippen molar-refractivity contribution in [3.05, 3.63) is 20.3 Å². The Morgan fingerprint density at radius 2 is 2.42 bits per heavy atom. The summed E-state index contributed by atoms with van der Waals surface area (Å²) < 4.78 is 6.16. The number of ketones is 1. The number of hydrogen-bond acceptors (Lipinski definition) is 3. The first-order chi connectivity index (χ1) is 5.77. The number of carbonyl (C=O) groups excluding carboxylic acids is 1. The van der Waals surface area contributed by atoms with Crippen molar-refractivity contribution >= 4 is 33.0 Å². The number of thiophene rings is 1. The minimum Gasteiger partial charge on any atom is -0.373 e. The molecular weight excluding hydrogens is 240 g/mol. The maximum atomic E-state index is 11.4. The number of ether oxygens (including phenoxy) is 1. The SMILES string of the molecule is O=C1COCCc2sc(Br)cc21. The van der Waals surface area contributed by atoms with Crippen molar-refractivity contribution in [1.82, 2.24) is 0 Å². The maximum Gasteiger partial charge on any atom is 0.189 e. The van der Waals surface area contributed by atoms with Gasteiger partial charge in [-0.05, 0) is 22.0 Å². The molecule has 0 N–H and O–H groups in total. The Hall–Kier alpha value is -0.190. The molecule has 1 aromatic heterocycles. The third-order valence-electron chi connectivity index (χ3n) is 1.79. The average molecular weight is 247 g/mol. The molecule has 4 heteroatoms. The minimum absolute atomic E-state index is 0.101. The van der Waals surface area contributed by atoms with Crippen LogP contribution in [0.1, 0.15) is 15.2 Å². The molecule has 0 atom stereocenters. The summed E-state index contributed by atoms with van der Waals surface area (Å²) in [5.41, 5.74) is 0.837. The van der Waals surface area contributed by atoms with Gasteiger partial charge in [0.25, 0.3) is 0 Å². The fourth-order valence-electron chi connectivity index (χ4n) is 1.23. The van der Waals surface area contributed by atoms with Gasteiger partial charge >= 0.3 is 0 Å². The van der Waals surface area contributed by atoms with Gasteiger partial charge in [0, 0.05) is 16.9 Å². The second kappa shape index (κ2) is 3.28. The maximum absolute atomic E-state index is 11.4. The van der Waals surface area contributed by atoms with Crippen LogP contribution in [0.3, 0.4) is 0 Å². The predicted octanol–water partition coefficient (Wildman–Crippen LogP) is 2.27. The van der Waals surface area contributed by atoms with Crippen molar-refractivity contribution in [2.24, 2.45) is 0 Å². The lowest BCUT2D eigenvalue weighted by Gasteiger charge is -1.93. The van der Waals surface area contributed by atoms with Crippen LogP contribution in [-0.4, -0.2) is 19.0 Å². The predicted molar refractivity (Wildman–Crippen MR) is 50.9 cm³/mol. The number of carbonyl (C=O) groups is 1. The van der Waals surface area contributed by atoms with Crippen molar-refractivity contribution in [1.29, 1.82) is 0 Å². The fourth-order valence-corrected chi connectivity index (χ4v) is 2.92. The molecule has 0 bridgehead atoms. The Morgan fingerprint density at radius 1 is 1.58 bits per heavy atom. The van der Waals surface area contributed by atoms with Crippen LogP contribution < -0.4 is 0 Å². The highest BCUT2D eigenvalue weighted by Crippen LogP contribution is 2.29. The van der Waals surface area contributed by atoms with Crippen molar-refractivity contribution in [2.45, 2.75) is 6.42 Å². The highest BCUT2D eigenvalue weighted by molar-refractivity contribution is 9.11. The van der Waals surface area contributed by atoms with E-state index in [2.05, 4.69) is 15.9 Å². The van der Waals surface area contributed by atoms with Crippen LogP contribution in [0.2, 0.25) is 0 Å². The summed E-state index contributed by atoms with van der Waals surface area (Å²) in [6.07, 6.45) is 0.858. The largest absolute Gasteiger partial charge is 0.373 e. The van der Waals surface area contributed by atoms with Gasteiger partial charge in [-0.15, -0.1) is 11.3 Å². The highest BCUT2D eigenvalue weighted by Gasteiger charge is 2.18. The molecule has 2 nitrogen and oxygen atoms in total. The molecule has 1 aromatic rings. The van der Waals surface area contributed by atoms with Crippen molar-refractivity contribution in [2.75, 3.05) is 13.2 Å². The van der Waals surface area contributed by atoms with Gasteiger partial charge < -0.3 is 4.74 Å². The van der Waals surface area contributed by atoms with Crippen LogP contribution in [0.25, 0.3) is 0 Å². The molecule has 0 fully saturated rings. The van der Waals surface area contributed by atoms with Crippen LogP contribution in [-0.2, 0) is 11.2 Å². The number of fused-ring (bicyclic) bond motifs is 1. The zero-order valence-electron chi connectivity index (χ0n) is 6.30. The van der Waals surface area contributed by atoms with E-state index in [1.807, 2.05) is 6.07 Å². The Kier molecular flexibility index (Phi) is 2.30. The molecular formula is C8H7BrO2S. The summed E-state index contributed by atoms with van der Waals surface area (Å²) >= 11 is 4.99. The van der Waals surface area contributed by atoms with E-state index >= 15 is 0 Å². The Morgan fingerprint density at radius 3 is 3.25 bits per heavy atom. The van der Waals surface area contributed by atoms with Gasteiger partial charge in [-0.2, -0.15) is 0 Å². The summed E-state index contributed by atoms with van der Waals surface area (Å²) in [5, 5.41) is 0. The average Bonchev–Trinajstić information content (AvgIpc) is 2.33. The molecule has 0 aliphatic carbocycles. The highest BCUT2D eigenvalue weighted by atomic mass is 79.9. The molecule has 1 aliphatic heterocycles. The Labute approximate surface area is 82.7 Å². The van der Waals surface area contributed by atoms with E-state index in [0.717, 1.165) is 20.6 Å². The quantitative estimate of drug-likeness (QED) is 0.702. The topological polar surface area (TPSA) is 26.3 Å². The van der Waals surface area contributed by atoms with E-state index in [1.165, 1.54) is 0 Å². The van der Waals surface area contributed by atoms with Crippen molar-refractivity contribution < 1.29 is 9.53 Å². The van der Waals surface area contributed by atoms with Gasteiger partial charge in [0.2, 0.25) is 0 Å². The van der Waals surface area contributed by atoms with Crippen LogP contribution in [0, 0.1) is 0 Å². The van der Waals surface area contributed by atoms with Crippen LogP contribution >= 0.6 is 27.3 Å². The lowest BCUT2D eigenvalue weighted by Crippen LogP contribution is -2.05. The van der Waals surface area contributed by atoms with E-state index in [-0.39, 0.29) is 12.4 Å². The third-order valence-corrected chi connectivity index (χ3v) is 3.48. The van der Waals surface area contributed by atoms with E-state index in [4.69, 9.17) is 4.74 Å². The first kappa shape index (κ1) is 8.41.